The lowest BCUT2D eigenvalue weighted by Crippen LogP contribution is -2.54. The minimum Gasteiger partial charge on any atom is -0.497 e. The van der Waals surface area contributed by atoms with Crippen LogP contribution in [0.25, 0.3) is 0 Å². The Labute approximate surface area is 194 Å². The zero-order chi connectivity index (χ0) is 23.5. The molecule has 0 atom stereocenters. The van der Waals surface area contributed by atoms with Crippen LogP contribution in [-0.2, 0) is 6.54 Å². The molecule has 0 unspecified atom stereocenters. The van der Waals surface area contributed by atoms with E-state index in [1.165, 1.54) is 0 Å². The third kappa shape index (κ3) is 5.39. The van der Waals surface area contributed by atoms with Crippen molar-refractivity contribution in [3.8, 4) is 5.75 Å². The number of hydrogen-bond acceptors (Lipinski definition) is 5. The maximum Gasteiger partial charge on any atom is 0.326 e. The highest BCUT2D eigenvalue weighted by atomic mass is 19.3. The van der Waals surface area contributed by atoms with E-state index in [0.29, 0.717) is 31.8 Å². The van der Waals surface area contributed by atoms with Crippen molar-refractivity contribution in [2.45, 2.75) is 56.5 Å². The van der Waals surface area contributed by atoms with Gasteiger partial charge in [0, 0.05) is 46.1 Å². The van der Waals surface area contributed by atoms with E-state index >= 15 is 0 Å². The number of hydrogen-bond donors (Lipinski definition) is 1. The second-order valence-corrected chi connectivity index (χ2v) is 9.64. The molecule has 2 amide bonds. The van der Waals surface area contributed by atoms with Crippen molar-refractivity contribution in [2.24, 2.45) is 11.0 Å². The van der Waals surface area contributed by atoms with E-state index in [1.54, 1.807) is 25.4 Å². The van der Waals surface area contributed by atoms with E-state index in [2.05, 4.69) is 15.4 Å². The highest BCUT2D eigenvalue weighted by Crippen LogP contribution is 2.39. The Bertz CT molecular complexity index is 847. The summed E-state index contributed by atoms with van der Waals surface area (Å²) in [6.45, 7) is 3.72. The van der Waals surface area contributed by atoms with Gasteiger partial charge in [-0.1, -0.05) is 12.1 Å². The lowest BCUT2D eigenvalue weighted by molar-refractivity contribution is -0.0505. The van der Waals surface area contributed by atoms with E-state index in [1.807, 2.05) is 29.2 Å². The molecular formula is C24H35F2N5O2. The first kappa shape index (κ1) is 23.7. The van der Waals surface area contributed by atoms with Crippen LogP contribution in [0.15, 0.2) is 29.4 Å². The molecule has 2 aliphatic heterocycles. The zero-order valence-electron chi connectivity index (χ0n) is 19.6. The number of carbonyl (C=O) groups excluding carboxylic acids is 1. The first-order valence-electron chi connectivity index (χ1n) is 11.9. The molecule has 9 heteroatoms. The molecule has 3 fully saturated rings. The number of piperidine rings is 1. The fraction of sp³-hybridized carbons (Fsp3) is 0.667. The monoisotopic (exact) mass is 463 g/mol. The fourth-order valence-corrected chi connectivity index (χ4v) is 5.46. The van der Waals surface area contributed by atoms with Crippen LogP contribution < -0.4 is 10.2 Å². The van der Waals surface area contributed by atoms with Gasteiger partial charge in [0.05, 0.1) is 19.2 Å². The summed E-state index contributed by atoms with van der Waals surface area (Å²) in [5.74, 6) is -1.36. The van der Waals surface area contributed by atoms with Crippen molar-refractivity contribution in [2.75, 3.05) is 40.3 Å². The normalized spacial score (nSPS) is 23.6. The van der Waals surface area contributed by atoms with Gasteiger partial charge in [0.2, 0.25) is 5.92 Å². The number of methoxy groups -OCH3 is 1. The van der Waals surface area contributed by atoms with E-state index in [4.69, 9.17) is 4.74 Å². The highest BCUT2D eigenvalue weighted by Gasteiger charge is 2.50. The number of alkyl halides is 2. The number of benzene rings is 1. The molecule has 0 radical (unpaired) electrons. The molecule has 0 aromatic heterocycles. The van der Waals surface area contributed by atoms with Crippen molar-refractivity contribution in [3.05, 3.63) is 29.8 Å². The van der Waals surface area contributed by atoms with Crippen LogP contribution in [0.1, 0.15) is 44.1 Å². The summed E-state index contributed by atoms with van der Waals surface area (Å²) in [5, 5.41) is 4.07. The number of likely N-dealkylation sites (tertiary alicyclic amines) is 1. The van der Waals surface area contributed by atoms with Crippen LogP contribution in [0.3, 0.4) is 0 Å². The average Bonchev–Trinajstić information content (AvgIpc) is 3.06. The molecule has 4 rings (SSSR count). The number of urea groups is 1. The standard InChI is InChI=1S/C24H35F2N5O2/c1-27-28-18-30-17-23(31(22(30)32)16-20-4-3-5-21(14-20)33-2)10-12-29(13-11-23)15-19-6-8-24(25,26)9-7-19/h3-5,14,18-19,27H,6-13,15-17H2,1-2H3/b28-18-. The maximum atomic E-state index is 13.5. The number of halogens is 2. The van der Waals surface area contributed by atoms with Gasteiger partial charge in [0.1, 0.15) is 12.1 Å². The Morgan fingerprint density at radius 1 is 1.21 bits per heavy atom. The lowest BCUT2D eigenvalue weighted by Gasteiger charge is -2.45. The van der Waals surface area contributed by atoms with Crippen LogP contribution >= 0.6 is 0 Å². The van der Waals surface area contributed by atoms with Crippen molar-refractivity contribution >= 4 is 12.4 Å². The SMILES string of the molecule is CN/N=C\N1CC2(CCN(CC3CCC(F)(F)CC3)CC2)N(Cc2cccc(OC)c2)C1=O. The van der Waals surface area contributed by atoms with Gasteiger partial charge in [-0.3, -0.25) is 4.90 Å². The number of amides is 2. The Kier molecular flexibility index (Phi) is 7.07. The summed E-state index contributed by atoms with van der Waals surface area (Å²) >= 11 is 0. The van der Waals surface area contributed by atoms with Crippen LogP contribution in [0, 0.1) is 5.92 Å². The number of nitrogens with one attached hydrogen (secondary N) is 1. The average molecular weight is 464 g/mol. The summed E-state index contributed by atoms with van der Waals surface area (Å²) in [6.07, 6.45) is 4.51. The summed E-state index contributed by atoms with van der Waals surface area (Å²) in [7, 11) is 3.35. The first-order valence-corrected chi connectivity index (χ1v) is 11.9. The quantitative estimate of drug-likeness (QED) is 0.380. The summed E-state index contributed by atoms with van der Waals surface area (Å²) < 4.78 is 32.4. The topological polar surface area (TPSA) is 60.4 Å². The molecule has 1 saturated carbocycles. The number of ether oxygens (including phenoxy) is 1. The molecule has 0 bridgehead atoms. The van der Waals surface area contributed by atoms with E-state index in [9.17, 15) is 13.6 Å². The van der Waals surface area contributed by atoms with E-state index in [-0.39, 0.29) is 24.4 Å². The molecular weight excluding hydrogens is 428 g/mol. The van der Waals surface area contributed by atoms with Gasteiger partial charge in [-0.05, 0) is 49.3 Å². The van der Waals surface area contributed by atoms with Gasteiger partial charge in [0.25, 0.3) is 0 Å². The Balaban J connectivity index is 1.44. The smallest absolute Gasteiger partial charge is 0.326 e. The van der Waals surface area contributed by atoms with Gasteiger partial charge in [-0.25, -0.2) is 13.6 Å². The molecule has 1 aromatic carbocycles. The molecule has 2 heterocycles. The van der Waals surface area contributed by atoms with Crippen molar-refractivity contribution in [3.63, 3.8) is 0 Å². The predicted octanol–water partition coefficient (Wildman–Crippen LogP) is 3.76. The predicted molar refractivity (Wildman–Crippen MR) is 124 cm³/mol. The number of rotatable bonds is 7. The van der Waals surface area contributed by atoms with Crippen molar-refractivity contribution in [1.29, 1.82) is 0 Å². The third-order valence-electron chi connectivity index (χ3n) is 7.45. The first-order chi connectivity index (χ1) is 15.8. The molecule has 1 spiro atoms. The largest absolute Gasteiger partial charge is 0.497 e. The minimum absolute atomic E-state index is 0.0119. The molecule has 182 valence electrons. The molecule has 1 aliphatic carbocycles. The van der Waals surface area contributed by atoms with Crippen molar-refractivity contribution < 1.29 is 18.3 Å². The zero-order valence-corrected chi connectivity index (χ0v) is 19.6. The van der Waals surface area contributed by atoms with Gasteiger partial charge in [0.15, 0.2) is 0 Å². The van der Waals surface area contributed by atoms with Crippen molar-refractivity contribution in [1.82, 2.24) is 20.1 Å². The van der Waals surface area contributed by atoms with Crippen LogP contribution in [0.4, 0.5) is 13.6 Å². The number of carbonyl (C=O) groups is 1. The Morgan fingerprint density at radius 3 is 2.61 bits per heavy atom. The summed E-state index contributed by atoms with van der Waals surface area (Å²) in [4.78, 5) is 19.4. The molecule has 1 aromatic rings. The fourth-order valence-electron chi connectivity index (χ4n) is 5.46. The molecule has 7 nitrogen and oxygen atoms in total. The Morgan fingerprint density at radius 2 is 1.94 bits per heavy atom. The molecule has 2 saturated heterocycles. The lowest BCUT2D eigenvalue weighted by atomic mass is 9.83. The van der Waals surface area contributed by atoms with Gasteiger partial charge in [-0.15, -0.1) is 0 Å². The highest BCUT2D eigenvalue weighted by molar-refractivity contribution is 5.89. The second-order valence-electron chi connectivity index (χ2n) is 9.64. The minimum atomic E-state index is -2.48. The van der Waals surface area contributed by atoms with E-state index in [0.717, 1.165) is 43.8 Å². The van der Waals surface area contributed by atoms with Gasteiger partial charge in [-0.2, -0.15) is 5.10 Å². The molecule has 1 N–H and O–H groups in total. The van der Waals surface area contributed by atoms with E-state index < -0.39 is 5.92 Å². The maximum absolute atomic E-state index is 13.5. The van der Waals surface area contributed by atoms with Crippen LogP contribution in [0.5, 0.6) is 5.75 Å². The second kappa shape index (κ2) is 9.83. The number of hydrazone groups is 1. The number of nitrogens with zero attached hydrogens (tertiary/aromatic N) is 4. The van der Waals surface area contributed by atoms with Crippen LogP contribution in [-0.4, -0.2) is 78.9 Å². The van der Waals surface area contributed by atoms with Crippen LogP contribution in [0.2, 0.25) is 0 Å². The van der Waals surface area contributed by atoms with Gasteiger partial charge < -0.3 is 20.0 Å². The summed E-state index contributed by atoms with van der Waals surface area (Å²) in [5.41, 5.74) is 3.48. The molecule has 33 heavy (non-hydrogen) atoms. The third-order valence-corrected chi connectivity index (χ3v) is 7.45. The summed E-state index contributed by atoms with van der Waals surface area (Å²) in [6, 6.07) is 7.79. The van der Waals surface area contributed by atoms with Gasteiger partial charge >= 0.3 is 6.03 Å². The Hall–Kier alpha value is -2.42. The molecule has 3 aliphatic rings.